The summed E-state index contributed by atoms with van der Waals surface area (Å²) in [6, 6.07) is 0. The van der Waals surface area contributed by atoms with Gasteiger partial charge < -0.3 is 5.32 Å². The molecule has 1 heterocycles. The fraction of sp³-hybridized carbons (Fsp3) is 1.00. The lowest BCUT2D eigenvalue weighted by molar-refractivity contribution is -0.00407. The smallest absolute Gasteiger partial charge is 0.102 e. The van der Waals surface area contributed by atoms with E-state index in [1.165, 1.54) is 25.7 Å². The summed E-state index contributed by atoms with van der Waals surface area (Å²) in [4.78, 5) is 2.44. The Balaban J connectivity index is 1.75. The number of hydrogen-bond acceptors (Lipinski definition) is 2. The molecule has 3 aliphatic rings. The molecule has 2 unspecified atom stereocenters. The van der Waals surface area contributed by atoms with Gasteiger partial charge in [0.2, 0.25) is 0 Å². The number of piperazine rings is 1. The minimum atomic E-state index is -0.205. The van der Waals surface area contributed by atoms with Crippen molar-refractivity contribution in [3.8, 4) is 0 Å². The Kier molecular flexibility index (Phi) is 2.75. The molecule has 2 aliphatic carbocycles. The van der Waals surface area contributed by atoms with Gasteiger partial charge in [-0.15, -0.1) is 0 Å². The van der Waals surface area contributed by atoms with Crippen LogP contribution in [-0.4, -0.2) is 42.3 Å². The maximum atomic E-state index is 12.8. The molecule has 0 aromatic carbocycles. The molecule has 0 spiro atoms. The van der Waals surface area contributed by atoms with Gasteiger partial charge in [0, 0.05) is 30.7 Å². The third-order valence-corrected chi connectivity index (χ3v) is 5.38. The number of nitrogens with zero attached hydrogens (tertiary/aromatic N) is 1. The van der Waals surface area contributed by atoms with E-state index < -0.39 is 0 Å². The molecule has 0 aromatic rings. The summed E-state index contributed by atoms with van der Waals surface area (Å²) in [5.74, 6) is 1.62. The number of hydrogen-bond donors (Lipinski definition) is 1. The van der Waals surface area contributed by atoms with E-state index in [0.29, 0.717) is 6.54 Å². The zero-order chi connectivity index (χ0) is 12.1. The van der Waals surface area contributed by atoms with E-state index in [9.17, 15) is 4.39 Å². The van der Waals surface area contributed by atoms with Gasteiger partial charge in [0.05, 0.1) is 0 Å². The monoisotopic (exact) mass is 240 g/mol. The maximum Gasteiger partial charge on any atom is 0.102 e. The van der Waals surface area contributed by atoms with Crippen molar-refractivity contribution in [3.63, 3.8) is 0 Å². The molecule has 2 nitrogen and oxygen atoms in total. The van der Waals surface area contributed by atoms with Crippen molar-refractivity contribution in [2.45, 2.75) is 50.6 Å². The highest BCUT2D eigenvalue weighted by atomic mass is 19.1. The van der Waals surface area contributed by atoms with E-state index in [1.807, 2.05) is 0 Å². The normalized spacial score (nSPS) is 43.9. The minimum Gasteiger partial charge on any atom is -0.308 e. The van der Waals surface area contributed by atoms with E-state index in [4.69, 9.17) is 0 Å². The largest absolute Gasteiger partial charge is 0.308 e. The second-order valence-corrected chi connectivity index (χ2v) is 6.79. The summed E-state index contributed by atoms with van der Waals surface area (Å²) in [6.07, 6.45) is 5.38. The van der Waals surface area contributed by atoms with Crippen molar-refractivity contribution in [2.24, 2.45) is 11.8 Å². The van der Waals surface area contributed by atoms with Crippen LogP contribution >= 0.6 is 0 Å². The van der Waals surface area contributed by atoms with Crippen LogP contribution in [0.4, 0.5) is 4.39 Å². The molecule has 3 rings (SSSR count). The highest BCUT2D eigenvalue weighted by molar-refractivity contribution is 5.11. The molecule has 0 aromatic heterocycles. The summed E-state index contributed by atoms with van der Waals surface area (Å²) < 4.78 is 12.8. The Morgan fingerprint density at radius 3 is 2.35 bits per heavy atom. The fourth-order valence-electron chi connectivity index (χ4n) is 3.66. The van der Waals surface area contributed by atoms with Crippen molar-refractivity contribution in [1.82, 2.24) is 10.2 Å². The van der Waals surface area contributed by atoms with Crippen LogP contribution in [0.15, 0.2) is 0 Å². The summed E-state index contributed by atoms with van der Waals surface area (Å²) in [5.41, 5.74) is 0.448. The number of nitrogens with one attached hydrogen (secondary N) is 1. The molecule has 0 bridgehead atoms. The average Bonchev–Trinajstić information content (AvgIpc) is 3.17. The minimum absolute atomic E-state index is 0.205. The van der Waals surface area contributed by atoms with Crippen LogP contribution in [-0.2, 0) is 0 Å². The summed E-state index contributed by atoms with van der Waals surface area (Å²) >= 11 is 0. The second kappa shape index (κ2) is 3.92. The highest BCUT2D eigenvalue weighted by Crippen LogP contribution is 2.48. The lowest BCUT2D eigenvalue weighted by Gasteiger charge is -2.53. The molecule has 2 saturated carbocycles. The molecule has 3 heteroatoms. The van der Waals surface area contributed by atoms with Crippen LogP contribution in [0, 0.1) is 11.8 Å². The zero-order valence-electron chi connectivity index (χ0n) is 11.1. The van der Waals surface area contributed by atoms with E-state index in [2.05, 4.69) is 24.1 Å². The van der Waals surface area contributed by atoms with Crippen molar-refractivity contribution < 1.29 is 4.39 Å². The van der Waals surface area contributed by atoms with Gasteiger partial charge in [-0.1, -0.05) is 0 Å². The van der Waals surface area contributed by atoms with Gasteiger partial charge in [-0.25, -0.2) is 4.39 Å². The molecule has 1 saturated heterocycles. The van der Waals surface area contributed by atoms with Gasteiger partial charge in [0.1, 0.15) is 6.67 Å². The number of rotatable bonds is 4. The van der Waals surface area contributed by atoms with E-state index in [1.54, 1.807) is 0 Å². The Labute approximate surface area is 104 Å². The third-order valence-electron chi connectivity index (χ3n) is 5.38. The van der Waals surface area contributed by atoms with Gasteiger partial charge >= 0.3 is 0 Å². The number of halogens is 1. The van der Waals surface area contributed by atoms with Crippen LogP contribution in [0.1, 0.15) is 39.5 Å². The van der Waals surface area contributed by atoms with Gasteiger partial charge in [-0.05, 0) is 51.4 Å². The summed E-state index contributed by atoms with van der Waals surface area (Å²) in [6.45, 7) is 7.17. The molecule has 98 valence electrons. The molecule has 0 radical (unpaired) electrons. The lowest BCUT2D eigenvalue weighted by Crippen LogP contribution is -2.70. The first-order chi connectivity index (χ1) is 8.08. The first-order valence-electron chi connectivity index (χ1n) is 7.14. The van der Waals surface area contributed by atoms with Crippen LogP contribution in [0.2, 0.25) is 0 Å². The number of alkyl halides is 1. The standard InChI is InChI=1S/C14H25FN2/c1-13(11-3-4-11)10-17(8-7-15)14(2,9-16-13)12-5-6-12/h11-12,16H,3-10H2,1-2H3. The molecular weight excluding hydrogens is 215 g/mol. The van der Waals surface area contributed by atoms with Gasteiger partial charge in [0.25, 0.3) is 0 Å². The molecular formula is C14H25FN2. The van der Waals surface area contributed by atoms with Crippen LogP contribution < -0.4 is 5.32 Å². The molecule has 1 N–H and O–H groups in total. The Morgan fingerprint density at radius 2 is 1.82 bits per heavy atom. The fourth-order valence-corrected chi connectivity index (χ4v) is 3.66. The van der Waals surface area contributed by atoms with Crippen molar-refractivity contribution in [2.75, 3.05) is 26.3 Å². The molecule has 3 fully saturated rings. The Morgan fingerprint density at radius 1 is 1.18 bits per heavy atom. The van der Waals surface area contributed by atoms with E-state index >= 15 is 0 Å². The first-order valence-corrected chi connectivity index (χ1v) is 7.14. The molecule has 1 aliphatic heterocycles. The Hall–Kier alpha value is -0.150. The van der Waals surface area contributed by atoms with Crippen LogP contribution in [0.5, 0.6) is 0 Å². The quantitative estimate of drug-likeness (QED) is 0.810. The zero-order valence-corrected chi connectivity index (χ0v) is 11.1. The maximum absolute atomic E-state index is 12.8. The SMILES string of the molecule is CC1(C2CC2)CN(CCF)C(C)(C2CC2)CN1. The van der Waals surface area contributed by atoms with Gasteiger partial charge in [-0.2, -0.15) is 0 Å². The lowest BCUT2D eigenvalue weighted by atomic mass is 9.83. The molecule has 17 heavy (non-hydrogen) atoms. The van der Waals surface area contributed by atoms with Crippen LogP contribution in [0.25, 0.3) is 0 Å². The van der Waals surface area contributed by atoms with Crippen LogP contribution in [0.3, 0.4) is 0 Å². The summed E-state index contributed by atoms with van der Waals surface area (Å²) in [7, 11) is 0. The molecule has 2 atom stereocenters. The second-order valence-electron chi connectivity index (χ2n) is 6.79. The topological polar surface area (TPSA) is 15.3 Å². The highest BCUT2D eigenvalue weighted by Gasteiger charge is 2.53. The predicted molar refractivity (Wildman–Crippen MR) is 67.8 cm³/mol. The average molecular weight is 240 g/mol. The predicted octanol–water partition coefficient (Wildman–Crippen LogP) is 2.20. The van der Waals surface area contributed by atoms with Crippen molar-refractivity contribution >= 4 is 0 Å². The van der Waals surface area contributed by atoms with E-state index in [0.717, 1.165) is 24.9 Å². The van der Waals surface area contributed by atoms with Crippen molar-refractivity contribution in [3.05, 3.63) is 0 Å². The Bertz CT molecular complexity index is 301. The van der Waals surface area contributed by atoms with Crippen molar-refractivity contribution in [1.29, 1.82) is 0 Å². The van der Waals surface area contributed by atoms with Gasteiger partial charge in [-0.3, -0.25) is 4.90 Å². The van der Waals surface area contributed by atoms with Gasteiger partial charge in [0.15, 0.2) is 0 Å². The third kappa shape index (κ3) is 2.01. The molecule has 0 amide bonds. The summed E-state index contributed by atoms with van der Waals surface area (Å²) in [5, 5.41) is 3.79. The van der Waals surface area contributed by atoms with E-state index in [-0.39, 0.29) is 17.8 Å². The first kappa shape index (κ1) is 11.9.